The smallest absolute Gasteiger partial charge is 0.315 e. The molecule has 2 atom stereocenters. The summed E-state index contributed by atoms with van der Waals surface area (Å²) in [5, 5.41) is 14.9. The maximum atomic E-state index is 12.0. The van der Waals surface area contributed by atoms with Crippen molar-refractivity contribution in [2.75, 3.05) is 6.61 Å². The predicted molar refractivity (Wildman–Crippen MR) is 87.1 cm³/mol. The maximum Gasteiger partial charge on any atom is 0.315 e. The van der Waals surface area contributed by atoms with Crippen molar-refractivity contribution < 1.29 is 9.90 Å². The van der Waals surface area contributed by atoms with Crippen LogP contribution in [0, 0.1) is 5.92 Å². The third-order valence-electron chi connectivity index (χ3n) is 3.94. The van der Waals surface area contributed by atoms with Gasteiger partial charge in [0.1, 0.15) is 0 Å². The SMILES string of the molecule is O=C(NCc1ccccc1-n1ccnc1)N[C@@H]1C=C[C@H](CO)C1. The molecule has 120 valence electrons. The number of carbonyl (C=O) groups is 1. The van der Waals surface area contributed by atoms with Gasteiger partial charge in [0.15, 0.2) is 0 Å². The Morgan fingerprint density at radius 2 is 2.22 bits per heavy atom. The van der Waals surface area contributed by atoms with Crippen molar-refractivity contribution in [2.24, 2.45) is 5.92 Å². The van der Waals surface area contributed by atoms with Crippen LogP contribution in [0.25, 0.3) is 5.69 Å². The Kier molecular flexibility index (Phi) is 4.73. The molecule has 0 saturated carbocycles. The topological polar surface area (TPSA) is 79.2 Å². The Hall–Kier alpha value is -2.60. The van der Waals surface area contributed by atoms with Crippen molar-refractivity contribution in [1.29, 1.82) is 0 Å². The molecule has 6 nitrogen and oxygen atoms in total. The lowest BCUT2D eigenvalue weighted by Gasteiger charge is -2.15. The van der Waals surface area contributed by atoms with Crippen LogP contribution in [-0.4, -0.2) is 33.3 Å². The molecule has 3 N–H and O–H groups in total. The number of hydrogen-bond donors (Lipinski definition) is 3. The lowest BCUT2D eigenvalue weighted by atomic mass is 10.1. The number of nitrogens with one attached hydrogen (secondary N) is 2. The van der Waals surface area contributed by atoms with Gasteiger partial charge in [0.25, 0.3) is 0 Å². The molecule has 1 aliphatic carbocycles. The first-order valence-corrected chi connectivity index (χ1v) is 7.66. The van der Waals surface area contributed by atoms with Crippen LogP contribution in [0.15, 0.2) is 55.1 Å². The van der Waals surface area contributed by atoms with E-state index in [1.807, 2.05) is 47.2 Å². The van der Waals surface area contributed by atoms with E-state index in [9.17, 15) is 4.79 Å². The van der Waals surface area contributed by atoms with Gasteiger partial charge in [-0.05, 0) is 18.1 Å². The molecule has 2 aromatic rings. The van der Waals surface area contributed by atoms with E-state index in [1.54, 1.807) is 12.5 Å². The Morgan fingerprint density at radius 3 is 2.96 bits per heavy atom. The molecule has 1 aromatic carbocycles. The molecule has 0 fully saturated rings. The molecule has 3 rings (SSSR count). The minimum Gasteiger partial charge on any atom is -0.396 e. The quantitative estimate of drug-likeness (QED) is 0.734. The molecule has 0 aliphatic heterocycles. The van der Waals surface area contributed by atoms with Crippen LogP contribution < -0.4 is 10.6 Å². The third-order valence-corrected chi connectivity index (χ3v) is 3.94. The number of imidazole rings is 1. The normalized spacial score (nSPS) is 19.7. The zero-order valence-corrected chi connectivity index (χ0v) is 12.7. The van der Waals surface area contributed by atoms with Crippen molar-refractivity contribution in [1.82, 2.24) is 20.2 Å². The summed E-state index contributed by atoms with van der Waals surface area (Å²) in [5.74, 6) is 0.141. The summed E-state index contributed by atoms with van der Waals surface area (Å²) in [7, 11) is 0. The van der Waals surface area contributed by atoms with Gasteiger partial charge in [0.05, 0.1) is 12.0 Å². The number of amides is 2. The summed E-state index contributed by atoms with van der Waals surface area (Å²) in [6.07, 6.45) is 9.95. The summed E-state index contributed by atoms with van der Waals surface area (Å²) in [6, 6.07) is 7.64. The van der Waals surface area contributed by atoms with Crippen LogP contribution in [0.5, 0.6) is 0 Å². The molecular weight excluding hydrogens is 292 g/mol. The van der Waals surface area contributed by atoms with E-state index in [1.165, 1.54) is 0 Å². The highest BCUT2D eigenvalue weighted by Gasteiger charge is 2.19. The number of para-hydroxylation sites is 1. The van der Waals surface area contributed by atoms with Crippen molar-refractivity contribution >= 4 is 6.03 Å². The van der Waals surface area contributed by atoms with Gasteiger partial charge in [0.2, 0.25) is 0 Å². The van der Waals surface area contributed by atoms with E-state index in [0.29, 0.717) is 6.54 Å². The first-order valence-electron chi connectivity index (χ1n) is 7.66. The van der Waals surface area contributed by atoms with Crippen LogP contribution in [0.1, 0.15) is 12.0 Å². The zero-order valence-electron chi connectivity index (χ0n) is 12.7. The monoisotopic (exact) mass is 312 g/mol. The summed E-state index contributed by atoms with van der Waals surface area (Å²) in [6.45, 7) is 0.550. The number of rotatable bonds is 5. The standard InChI is InChI=1S/C17H20N4O2/c22-11-13-5-6-15(9-13)20-17(23)19-10-14-3-1-2-4-16(14)21-8-7-18-12-21/h1-8,12-13,15,22H,9-11H2,(H2,19,20,23)/t13-,15+/m0/s1. The van der Waals surface area contributed by atoms with E-state index in [2.05, 4.69) is 15.6 Å². The fraction of sp³-hybridized carbons (Fsp3) is 0.294. The molecular formula is C17H20N4O2. The van der Waals surface area contributed by atoms with Gasteiger partial charge in [0, 0.05) is 37.5 Å². The highest BCUT2D eigenvalue weighted by atomic mass is 16.3. The van der Waals surface area contributed by atoms with Gasteiger partial charge in [-0.2, -0.15) is 0 Å². The Bertz CT molecular complexity index is 682. The average Bonchev–Trinajstić information content (AvgIpc) is 3.25. The average molecular weight is 312 g/mol. The van der Waals surface area contributed by atoms with Crippen molar-refractivity contribution in [3.05, 3.63) is 60.7 Å². The number of hydrogen-bond acceptors (Lipinski definition) is 3. The van der Waals surface area contributed by atoms with Gasteiger partial charge in [-0.3, -0.25) is 0 Å². The second-order valence-corrected chi connectivity index (χ2v) is 5.60. The Morgan fingerprint density at radius 1 is 1.35 bits per heavy atom. The van der Waals surface area contributed by atoms with E-state index >= 15 is 0 Å². The number of benzene rings is 1. The molecule has 0 spiro atoms. The Labute approximate surface area is 134 Å². The van der Waals surface area contributed by atoms with Crippen molar-refractivity contribution in [3.63, 3.8) is 0 Å². The second kappa shape index (κ2) is 7.11. The zero-order chi connectivity index (χ0) is 16.1. The summed E-state index contributed by atoms with van der Waals surface area (Å²) >= 11 is 0. The van der Waals surface area contributed by atoms with Crippen LogP contribution in [0.4, 0.5) is 4.79 Å². The molecule has 0 saturated heterocycles. The van der Waals surface area contributed by atoms with Gasteiger partial charge >= 0.3 is 6.03 Å². The molecule has 6 heteroatoms. The predicted octanol–water partition coefficient (Wildman–Crippen LogP) is 1.61. The molecule has 23 heavy (non-hydrogen) atoms. The van der Waals surface area contributed by atoms with Gasteiger partial charge in [-0.15, -0.1) is 0 Å². The number of aliphatic hydroxyl groups excluding tert-OH is 1. The minimum atomic E-state index is -0.210. The van der Waals surface area contributed by atoms with Gasteiger partial charge < -0.3 is 20.3 Å². The van der Waals surface area contributed by atoms with E-state index in [4.69, 9.17) is 5.11 Å². The third kappa shape index (κ3) is 3.78. The highest BCUT2D eigenvalue weighted by Crippen LogP contribution is 2.17. The first kappa shape index (κ1) is 15.3. The lowest BCUT2D eigenvalue weighted by Crippen LogP contribution is -2.40. The van der Waals surface area contributed by atoms with E-state index in [0.717, 1.165) is 17.7 Å². The molecule has 0 radical (unpaired) electrons. The molecule has 1 heterocycles. The number of aliphatic hydroxyl groups is 1. The highest BCUT2D eigenvalue weighted by molar-refractivity contribution is 5.74. The Balaban J connectivity index is 1.57. The fourth-order valence-electron chi connectivity index (χ4n) is 2.73. The van der Waals surface area contributed by atoms with E-state index in [-0.39, 0.29) is 24.6 Å². The summed E-state index contributed by atoms with van der Waals surface area (Å²) in [5.41, 5.74) is 2.00. The second-order valence-electron chi connectivity index (χ2n) is 5.60. The van der Waals surface area contributed by atoms with Crippen LogP contribution in [0.2, 0.25) is 0 Å². The molecule has 1 aromatic heterocycles. The van der Waals surface area contributed by atoms with Crippen LogP contribution in [-0.2, 0) is 6.54 Å². The van der Waals surface area contributed by atoms with E-state index < -0.39 is 0 Å². The summed E-state index contributed by atoms with van der Waals surface area (Å²) in [4.78, 5) is 16.1. The minimum absolute atomic E-state index is 0.0176. The number of urea groups is 1. The molecule has 1 aliphatic rings. The van der Waals surface area contributed by atoms with Gasteiger partial charge in [-0.25, -0.2) is 9.78 Å². The number of aromatic nitrogens is 2. The first-order chi connectivity index (χ1) is 11.3. The number of nitrogens with zero attached hydrogens (tertiary/aromatic N) is 2. The number of carbonyl (C=O) groups excluding carboxylic acids is 1. The lowest BCUT2D eigenvalue weighted by molar-refractivity contribution is 0.231. The molecule has 2 amide bonds. The fourth-order valence-corrected chi connectivity index (χ4v) is 2.73. The summed E-state index contributed by atoms with van der Waals surface area (Å²) < 4.78 is 1.92. The van der Waals surface area contributed by atoms with Crippen molar-refractivity contribution in [2.45, 2.75) is 19.0 Å². The van der Waals surface area contributed by atoms with Gasteiger partial charge in [-0.1, -0.05) is 30.4 Å². The van der Waals surface area contributed by atoms with Crippen molar-refractivity contribution in [3.8, 4) is 5.69 Å². The van der Waals surface area contributed by atoms with Crippen LogP contribution in [0.3, 0.4) is 0 Å². The maximum absolute atomic E-state index is 12.0. The molecule has 0 bridgehead atoms. The van der Waals surface area contributed by atoms with Crippen LogP contribution >= 0.6 is 0 Å². The largest absolute Gasteiger partial charge is 0.396 e. The molecule has 0 unspecified atom stereocenters.